The number of unbranched alkanes of at least 4 members (excludes halogenated alkanes) is 1. The summed E-state index contributed by atoms with van der Waals surface area (Å²) >= 11 is 0. The normalized spacial score (nSPS) is 17.1. The summed E-state index contributed by atoms with van der Waals surface area (Å²) in [5, 5.41) is 9.12. The maximum atomic E-state index is 12.9. The zero-order valence-electron chi connectivity index (χ0n) is 16.4. The Kier molecular flexibility index (Phi) is 6.82. The minimum atomic E-state index is -0.188. The van der Waals surface area contributed by atoms with Crippen LogP contribution in [0.25, 0.3) is 11.1 Å². The summed E-state index contributed by atoms with van der Waals surface area (Å²) in [5.74, 6) is -0.223. The number of carbonyl (C=O) groups excluding carboxylic acids is 2. The fourth-order valence-electron chi connectivity index (χ4n) is 3.72. The van der Waals surface area contributed by atoms with Gasteiger partial charge in [-0.25, -0.2) is 0 Å². The predicted octanol–water partition coefficient (Wildman–Crippen LogP) is 3.47. The number of carbonyl (C=O) groups is 2. The van der Waals surface area contributed by atoms with Gasteiger partial charge >= 0.3 is 0 Å². The highest BCUT2D eigenvalue weighted by atomic mass is 16.3. The van der Waals surface area contributed by atoms with Gasteiger partial charge in [0.25, 0.3) is 0 Å². The monoisotopic (exact) mass is 380 g/mol. The molecule has 0 saturated carbocycles. The summed E-state index contributed by atoms with van der Waals surface area (Å²) in [5.41, 5.74) is 3.04. The Morgan fingerprint density at radius 1 is 1.11 bits per heavy atom. The molecule has 2 aromatic rings. The van der Waals surface area contributed by atoms with Crippen molar-refractivity contribution in [2.24, 2.45) is 0 Å². The molecule has 0 unspecified atom stereocenters. The van der Waals surface area contributed by atoms with Crippen molar-refractivity contribution < 1.29 is 14.7 Å². The first-order valence-electron chi connectivity index (χ1n) is 10.00. The summed E-state index contributed by atoms with van der Waals surface area (Å²) in [6.45, 7) is 2.50. The van der Waals surface area contributed by atoms with Gasteiger partial charge in [0.2, 0.25) is 11.8 Å². The highest BCUT2D eigenvalue weighted by molar-refractivity contribution is 5.98. The third-order valence-corrected chi connectivity index (χ3v) is 5.24. The van der Waals surface area contributed by atoms with Gasteiger partial charge in [0.05, 0.1) is 12.6 Å². The average molecular weight is 380 g/mol. The molecule has 2 amide bonds. The van der Waals surface area contributed by atoms with Gasteiger partial charge in [-0.2, -0.15) is 0 Å². The maximum absolute atomic E-state index is 12.9. The van der Waals surface area contributed by atoms with E-state index in [1.165, 1.54) is 0 Å². The molecule has 28 heavy (non-hydrogen) atoms. The molecular weight excluding hydrogens is 352 g/mol. The number of piperazine rings is 1. The molecule has 0 bridgehead atoms. The van der Waals surface area contributed by atoms with Crippen molar-refractivity contribution in [1.29, 1.82) is 0 Å². The lowest BCUT2D eigenvalue weighted by molar-refractivity contribution is -0.140. The van der Waals surface area contributed by atoms with Crippen molar-refractivity contribution in [3.8, 4) is 11.1 Å². The summed E-state index contributed by atoms with van der Waals surface area (Å²) in [6, 6.07) is 18.1. The number of aliphatic hydroxyl groups is 1. The summed E-state index contributed by atoms with van der Waals surface area (Å²) in [4.78, 5) is 28.7. The van der Waals surface area contributed by atoms with Crippen LogP contribution in [0.2, 0.25) is 0 Å². The Hall–Kier alpha value is -2.66. The van der Waals surface area contributed by atoms with E-state index >= 15 is 0 Å². The highest BCUT2D eigenvalue weighted by Crippen LogP contribution is 2.28. The van der Waals surface area contributed by atoms with Crippen LogP contribution < -0.4 is 4.90 Å². The van der Waals surface area contributed by atoms with Gasteiger partial charge < -0.3 is 14.9 Å². The van der Waals surface area contributed by atoms with Crippen molar-refractivity contribution in [1.82, 2.24) is 4.90 Å². The molecule has 0 radical (unpaired) electrons. The number of benzene rings is 2. The molecular formula is C23H28N2O3. The van der Waals surface area contributed by atoms with Crippen LogP contribution in [0.1, 0.15) is 32.6 Å². The first-order valence-corrected chi connectivity index (χ1v) is 10.00. The first-order chi connectivity index (χ1) is 13.6. The molecule has 1 atom stereocenters. The van der Waals surface area contributed by atoms with Crippen molar-refractivity contribution >= 4 is 17.5 Å². The van der Waals surface area contributed by atoms with E-state index in [-0.39, 0.29) is 37.4 Å². The predicted molar refractivity (Wildman–Crippen MR) is 111 cm³/mol. The molecule has 5 heteroatoms. The molecule has 1 N–H and O–H groups in total. The van der Waals surface area contributed by atoms with Gasteiger partial charge in [0.1, 0.15) is 6.54 Å². The van der Waals surface area contributed by atoms with Crippen LogP contribution in [-0.4, -0.2) is 47.6 Å². The van der Waals surface area contributed by atoms with E-state index in [2.05, 4.69) is 19.1 Å². The van der Waals surface area contributed by atoms with E-state index in [1.54, 1.807) is 9.80 Å². The van der Waals surface area contributed by atoms with E-state index < -0.39 is 0 Å². The molecule has 5 nitrogen and oxygen atoms in total. The lowest BCUT2D eigenvalue weighted by Gasteiger charge is -2.41. The molecule has 148 valence electrons. The van der Waals surface area contributed by atoms with Gasteiger partial charge in [-0.15, -0.1) is 0 Å². The maximum Gasteiger partial charge on any atom is 0.246 e. The van der Waals surface area contributed by atoms with Gasteiger partial charge in [-0.1, -0.05) is 62.2 Å². The fourth-order valence-corrected chi connectivity index (χ4v) is 3.72. The lowest BCUT2D eigenvalue weighted by Crippen LogP contribution is -2.58. The third kappa shape index (κ3) is 4.60. The largest absolute Gasteiger partial charge is 0.396 e. The first kappa shape index (κ1) is 20.1. The lowest BCUT2D eigenvalue weighted by atomic mass is 10.0. The van der Waals surface area contributed by atoms with Gasteiger partial charge in [0.15, 0.2) is 0 Å². The summed E-state index contributed by atoms with van der Waals surface area (Å²) in [6.07, 6.45) is 2.96. The zero-order chi connectivity index (χ0) is 19.9. The standard InChI is InChI=1S/C23H28N2O3/c1-2-3-11-21-16-24(23(28)17-25(21)22(27)13-14-26)20-12-7-10-19(15-20)18-8-5-4-6-9-18/h4-10,12,15,21,26H,2-3,11,13-14,16-17H2,1H3/t21-/m1/s1. The molecule has 1 heterocycles. The molecule has 0 aromatic heterocycles. The van der Waals surface area contributed by atoms with E-state index in [0.29, 0.717) is 6.54 Å². The molecule has 0 spiro atoms. The number of amides is 2. The highest BCUT2D eigenvalue weighted by Gasteiger charge is 2.35. The zero-order valence-corrected chi connectivity index (χ0v) is 16.4. The molecule has 0 aliphatic carbocycles. The van der Waals surface area contributed by atoms with Crippen LogP contribution >= 0.6 is 0 Å². The fraction of sp³-hybridized carbons (Fsp3) is 0.391. The Morgan fingerprint density at radius 3 is 2.57 bits per heavy atom. The second-order valence-corrected chi connectivity index (χ2v) is 7.21. The Bertz CT molecular complexity index is 807. The van der Waals surface area contributed by atoms with Crippen molar-refractivity contribution in [3.05, 3.63) is 54.6 Å². The SMILES string of the molecule is CCCC[C@@H]1CN(c2cccc(-c3ccccc3)c2)C(=O)CN1C(=O)CCO. The Labute approximate surface area is 166 Å². The number of hydrogen-bond acceptors (Lipinski definition) is 3. The van der Waals surface area contributed by atoms with Crippen LogP contribution in [0.4, 0.5) is 5.69 Å². The van der Waals surface area contributed by atoms with Crippen LogP contribution in [0.3, 0.4) is 0 Å². The number of rotatable bonds is 7. The molecule has 2 aromatic carbocycles. The number of aliphatic hydroxyl groups excluding tert-OH is 1. The smallest absolute Gasteiger partial charge is 0.246 e. The third-order valence-electron chi connectivity index (χ3n) is 5.24. The molecule has 3 rings (SSSR count). The Balaban J connectivity index is 1.84. The van der Waals surface area contributed by atoms with Crippen molar-refractivity contribution in [2.75, 3.05) is 24.6 Å². The minimum absolute atomic E-state index is 0.0166. The summed E-state index contributed by atoms with van der Waals surface area (Å²) < 4.78 is 0. The minimum Gasteiger partial charge on any atom is -0.396 e. The van der Waals surface area contributed by atoms with E-state index in [0.717, 1.165) is 36.1 Å². The second kappa shape index (κ2) is 9.51. The molecule has 1 aliphatic rings. The molecule has 1 aliphatic heterocycles. The van der Waals surface area contributed by atoms with Gasteiger partial charge in [0, 0.05) is 18.7 Å². The Morgan fingerprint density at radius 2 is 1.86 bits per heavy atom. The molecule has 1 saturated heterocycles. The number of anilines is 1. The van der Waals surface area contributed by atoms with Crippen molar-refractivity contribution in [2.45, 2.75) is 38.6 Å². The number of nitrogens with zero attached hydrogens (tertiary/aromatic N) is 2. The number of hydrogen-bond donors (Lipinski definition) is 1. The van der Waals surface area contributed by atoms with E-state index in [4.69, 9.17) is 5.11 Å². The topological polar surface area (TPSA) is 60.9 Å². The van der Waals surface area contributed by atoms with Crippen molar-refractivity contribution in [3.63, 3.8) is 0 Å². The second-order valence-electron chi connectivity index (χ2n) is 7.21. The van der Waals surface area contributed by atoms with Crippen LogP contribution in [0.15, 0.2) is 54.6 Å². The van der Waals surface area contributed by atoms with Crippen LogP contribution in [0.5, 0.6) is 0 Å². The molecule has 1 fully saturated rings. The van der Waals surface area contributed by atoms with E-state index in [1.807, 2.05) is 42.5 Å². The average Bonchev–Trinajstić information content (AvgIpc) is 2.73. The van der Waals surface area contributed by atoms with Crippen LogP contribution in [0, 0.1) is 0 Å². The summed E-state index contributed by atoms with van der Waals surface area (Å²) in [7, 11) is 0. The quantitative estimate of drug-likeness (QED) is 0.800. The van der Waals surface area contributed by atoms with Gasteiger partial charge in [-0.3, -0.25) is 9.59 Å². The van der Waals surface area contributed by atoms with Gasteiger partial charge in [-0.05, 0) is 29.7 Å². The van der Waals surface area contributed by atoms with E-state index in [9.17, 15) is 9.59 Å². The van der Waals surface area contributed by atoms with Crippen LogP contribution in [-0.2, 0) is 9.59 Å².